The van der Waals surface area contributed by atoms with Gasteiger partial charge in [-0.25, -0.2) is 0 Å². The molecular formula is C16H16N6O2S. The van der Waals surface area contributed by atoms with Crippen molar-refractivity contribution in [1.29, 1.82) is 0 Å². The third kappa shape index (κ3) is 2.98. The van der Waals surface area contributed by atoms with E-state index >= 15 is 0 Å². The molecule has 4 heterocycles. The number of hydrogen-bond donors (Lipinski definition) is 1. The van der Waals surface area contributed by atoms with Crippen molar-refractivity contribution in [3.63, 3.8) is 0 Å². The van der Waals surface area contributed by atoms with E-state index in [9.17, 15) is 9.59 Å². The van der Waals surface area contributed by atoms with Crippen LogP contribution in [0.3, 0.4) is 0 Å². The second-order valence-corrected chi connectivity index (χ2v) is 6.92. The van der Waals surface area contributed by atoms with E-state index in [4.69, 9.17) is 0 Å². The molecule has 3 aromatic rings. The van der Waals surface area contributed by atoms with E-state index in [1.165, 1.54) is 0 Å². The van der Waals surface area contributed by atoms with Gasteiger partial charge in [-0.1, -0.05) is 6.07 Å². The first-order valence-electron chi connectivity index (χ1n) is 7.89. The van der Waals surface area contributed by atoms with E-state index in [1.807, 2.05) is 29.6 Å². The lowest BCUT2D eigenvalue weighted by atomic mass is 10.1. The molecule has 1 saturated heterocycles. The molecular weight excluding hydrogens is 340 g/mol. The zero-order valence-electron chi connectivity index (χ0n) is 13.5. The van der Waals surface area contributed by atoms with Crippen molar-refractivity contribution in [2.24, 2.45) is 5.92 Å². The van der Waals surface area contributed by atoms with Crippen molar-refractivity contribution in [2.75, 3.05) is 13.6 Å². The molecule has 1 fully saturated rings. The first-order chi connectivity index (χ1) is 12.1. The minimum Gasteiger partial charge on any atom is -0.348 e. The number of hydrogen-bond acceptors (Lipinski definition) is 6. The maximum atomic E-state index is 12.3. The molecule has 1 atom stereocenters. The van der Waals surface area contributed by atoms with E-state index in [0.29, 0.717) is 18.0 Å². The molecule has 1 unspecified atom stereocenters. The highest BCUT2D eigenvalue weighted by molar-refractivity contribution is 7.13. The number of carbonyl (C=O) groups is 2. The molecule has 0 saturated carbocycles. The Morgan fingerprint density at radius 2 is 2.24 bits per heavy atom. The highest BCUT2D eigenvalue weighted by Gasteiger charge is 2.32. The predicted molar refractivity (Wildman–Crippen MR) is 91.7 cm³/mol. The van der Waals surface area contributed by atoms with Crippen molar-refractivity contribution in [3.8, 4) is 10.6 Å². The fourth-order valence-electron chi connectivity index (χ4n) is 2.85. The lowest BCUT2D eigenvalue weighted by Gasteiger charge is -2.10. The summed E-state index contributed by atoms with van der Waals surface area (Å²) in [4.78, 5) is 26.4. The number of aromatic nitrogens is 4. The Hall–Kier alpha value is -2.81. The maximum Gasteiger partial charge on any atom is 0.225 e. The van der Waals surface area contributed by atoms with Gasteiger partial charge in [0.15, 0.2) is 11.5 Å². The summed E-state index contributed by atoms with van der Waals surface area (Å²) in [5.41, 5.74) is 1.46. The minimum absolute atomic E-state index is 0.00432. The normalized spacial score (nSPS) is 17.4. The van der Waals surface area contributed by atoms with Gasteiger partial charge in [0.25, 0.3) is 0 Å². The van der Waals surface area contributed by atoms with Crippen LogP contribution in [0.1, 0.15) is 12.2 Å². The van der Waals surface area contributed by atoms with E-state index in [-0.39, 0.29) is 30.7 Å². The fraction of sp³-hybridized carbons (Fsp3) is 0.312. The van der Waals surface area contributed by atoms with Gasteiger partial charge in [-0.15, -0.1) is 21.5 Å². The van der Waals surface area contributed by atoms with Crippen LogP contribution in [0.2, 0.25) is 0 Å². The summed E-state index contributed by atoms with van der Waals surface area (Å²) in [5, 5.41) is 17.6. The molecule has 1 aliphatic rings. The lowest BCUT2D eigenvalue weighted by Crippen LogP contribution is -2.32. The summed E-state index contributed by atoms with van der Waals surface area (Å²) in [5.74, 6) is 0.0879. The highest BCUT2D eigenvalue weighted by Crippen LogP contribution is 2.22. The van der Waals surface area contributed by atoms with Crippen LogP contribution in [0.5, 0.6) is 0 Å². The largest absolute Gasteiger partial charge is 0.348 e. The van der Waals surface area contributed by atoms with Crippen LogP contribution in [-0.2, 0) is 16.1 Å². The monoisotopic (exact) mass is 356 g/mol. The van der Waals surface area contributed by atoms with Crippen LogP contribution in [0.25, 0.3) is 16.2 Å². The Morgan fingerprint density at radius 1 is 1.36 bits per heavy atom. The Balaban J connectivity index is 1.51. The van der Waals surface area contributed by atoms with E-state index in [0.717, 1.165) is 10.6 Å². The molecule has 0 spiro atoms. The molecule has 25 heavy (non-hydrogen) atoms. The molecule has 8 nitrogen and oxygen atoms in total. The van der Waals surface area contributed by atoms with Crippen molar-refractivity contribution in [3.05, 3.63) is 35.5 Å². The van der Waals surface area contributed by atoms with Gasteiger partial charge in [0.2, 0.25) is 11.8 Å². The van der Waals surface area contributed by atoms with Gasteiger partial charge in [0, 0.05) is 20.0 Å². The summed E-state index contributed by atoms with van der Waals surface area (Å²) in [6.45, 7) is 0.668. The van der Waals surface area contributed by atoms with E-state index in [2.05, 4.69) is 20.6 Å². The maximum absolute atomic E-state index is 12.3. The zero-order valence-corrected chi connectivity index (χ0v) is 14.4. The number of nitrogens with one attached hydrogen (secondary N) is 1. The van der Waals surface area contributed by atoms with Crippen LogP contribution in [0.4, 0.5) is 0 Å². The van der Waals surface area contributed by atoms with Gasteiger partial charge in [-0.2, -0.15) is 9.61 Å². The smallest absolute Gasteiger partial charge is 0.225 e. The summed E-state index contributed by atoms with van der Waals surface area (Å²) in [7, 11) is 1.71. The summed E-state index contributed by atoms with van der Waals surface area (Å²) >= 11 is 1.61. The summed E-state index contributed by atoms with van der Waals surface area (Å²) < 4.78 is 1.64. The van der Waals surface area contributed by atoms with Crippen LogP contribution in [0, 0.1) is 5.92 Å². The Kier molecular flexibility index (Phi) is 3.92. The first-order valence-corrected chi connectivity index (χ1v) is 8.76. The molecule has 0 radical (unpaired) electrons. The van der Waals surface area contributed by atoms with Crippen molar-refractivity contribution in [1.82, 2.24) is 30.0 Å². The van der Waals surface area contributed by atoms with Crippen LogP contribution < -0.4 is 5.32 Å². The zero-order chi connectivity index (χ0) is 17.4. The number of likely N-dealkylation sites (tertiary alicyclic amines) is 1. The standard InChI is InChI=1S/C16H16N6O2S/c1-21-9-10(7-15(21)23)16(24)17-8-14-19-18-13-5-4-11(20-22(13)14)12-3-2-6-25-12/h2-6,10H,7-9H2,1H3,(H,17,24). The number of nitrogens with zero attached hydrogens (tertiary/aromatic N) is 5. The van der Waals surface area contributed by atoms with Gasteiger partial charge < -0.3 is 10.2 Å². The van der Waals surface area contributed by atoms with Gasteiger partial charge in [-0.05, 0) is 23.6 Å². The second-order valence-electron chi connectivity index (χ2n) is 5.98. The van der Waals surface area contributed by atoms with Crippen molar-refractivity contribution in [2.45, 2.75) is 13.0 Å². The molecule has 2 amide bonds. The Bertz CT molecular complexity index is 935. The van der Waals surface area contributed by atoms with Gasteiger partial charge in [0.1, 0.15) is 5.69 Å². The molecule has 9 heteroatoms. The first kappa shape index (κ1) is 15.7. The SMILES string of the molecule is CN1CC(C(=O)NCc2nnc3ccc(-c4cccs4)nn23)CC1=O. The molecule has 0 aliphatic carbocycles. The molecule has 4 rings (SSSR count). The summed E-state index contributed by atoms with van der Waals surface area (Å²) in [6.07, 6.45) is 0.254. The molecule has 128 valence electrons. The number of thiophene rings is 1. The van der Waals surface area contributed by atoms with E-state index in [1.54, 1.807) is 27.8 Å². The Morgan fingerprint density at radius 3 is 2.96 bits per heavy atom. The van der Waals surface area contributed by atoms with E-state index < -0.39 is 0 Å². The topological polar surface area (TPSA) is 92.5 Å². The molecule has 3 aromatic heterocycles. The van der Waals surface area contributed by atoms with Crippen LogP contribution >= 0.6 is 11.3 Å². The summed E-state index contributed by atoms with van der Waals surface area (Å²) in [6, 6.07) is 7.72. The third-order valence-electron chi connectivity index (χ3n) is 4.23. The van der Waals surface area contributed by atoms with Gasteiger partial charge >= 0.3 is 0 Å². The fourth-order valence-corrected chi connectivity index (χ4v) is 3.54. The van der Waals surface area contributed by atoms with Crippen molar-refractivity contribution >= 4 is 28.8 Å². The predicted octanol–water partition coefficient (Wildman–Crippen LogP) is 0.947. The lowest BCUT2D eigenvalue weighted by molar-refractivity contribution is -0.128. The average molecular weight is 356 g/mol. The quantitative estimate of drug-likeness (QED) is 0.751. The molecule has 0 aromatic carbocycles. The molecule has 1 aliphatic heterocycles. The number of rotatable bonds is 4. The third-order valence-corrected chi connectivity index (χ3v) is 5.13. The highest BCUT2D eigenvalue weighted by atomic mass is 32.1. The van der Waals surface area contributed by atoms with Gasteiger partial charge in [0.05, 0.1) is 17.3 Å². The number of carbonyl (C=O) groups excluding carboxylic acids is 2. The van der Waals surface area contributed by atoms with Crippen LogP contribution in [0.15, 0.2) is 29.6 Å². The van der Waals surface area contributed by atoms with Crippen molar-refractivity contribution < 1.29 is 9.59 Å². The molecule has 1 N–H and O–H groups in total. The minimum atomic E-state index is -0.314. The number of fused-ring (bicyclic) bond motifs is 1. The molecule has 0 bridgehead atoms. The second kappa shape index (κ2) is 6.25. The van der Waals surface area contributed by atoms with Crippen LogP contribution in [-0.4, -0.2) is 50.1 Å². The van der Waals surface area contributed by atoms with Gasteiger partial charge in [-0.3, -0.25) is 9.59 Å². The number of amides is 2. The Labute approximate surface area is 147 Å². The average Bonchev–Trinajstić information content (AvgIpc) is 3.33.